The summed E-state index contributed by atoms with van der Waals surface area (Å²) in [6.07, 6.45) is -9.28. The monoisotopic (exact) mass is 1180 g/mol. The van der Waals surface area contributed by atoms with Crippen LogP contribution in [0.2, 0.25) is 0 Å². The number of halogens is 6. The van der Waals surface area contributed by atoms with Crippen molar-refractivity contribution in [2.24, 2.45) is 0 Å². The van der Waals surface area contributed by atoms with E-state index in [9.17, 15) is 26.3 Å². The molecular formula is C79H47F6N3O2. The molecule has 1 spiro atoms. The van der Waals surface area contributed by atoms with Gasteiger partial charge < -0.3 is 23.2 Å². The number of nitrogens with zero attached hydrogens (tertiary/aromatic N) is 3. The molecule has 5 nitrogen and oxygen atoms in total. The fourth-order valence-electron chi connectivity index (χ4n) is 15.3. The van der Waals surface area contributed by atoms with E-state index in [0.717, 1.165) is 134 Å². The van der Waals surface area contributed by atoms with Crippen LogP contribution in [0.15, 0.2) is 258 Å². The van der Waals surface area contributed by atoms with E-state index in [1.165, 1.54) is 6.07 Å². The molecule has 1 aliphatic carbocycles. The summed E-state index contributed by atoms with van der Waals surface area (Å²) in [5.74, 6) is 0. The van der Waals surface area contributed by atoms with Crippen LogP contribution in [-0.4, -0.2) is 4.57 Å². The van der Waals surface area contributed by atoms with Crippen molar-refractivity contribution in [1.29, 1.82) is 0 Å². The molecule has 0 N–H and O–H groups in total. The number of anilines is 6. The van der Waals surface area contributed by atoms with Crippen LogP contribution in [0.25, 0.3) is 104 Å². The number of aromatic nitrogens is 1. The zero-order chi connectivity index (χ0) is 60.7. The number of hydrogen-bond donors (Lipinski definition) is 0. The highest BCUT2D eigenvalue weighted by atomic mass is 19.4. The van der Waals surface area contributed by atoms with Crippen LogP contribution in [0.1, 0.15) is 44.5 Å². The van der Waals surface area contributed by atoms with Crippen molar-refractivity contribution in [1.82, 2.24) is 4.57 Å². The fourth-order valence-corrected chi connectivity index (χ4v) is 15.3. The smallest absolute Gasteiger partial charge is 0.420 e. The molecule has 4 heterocycles. The summed E-state index contributed by atoms with van der Waals surface area (Å²) in [6.45, 7) is 4.03. The second-order valence-corrected chi connectivity index (χ2v) is 23.7. The maximum atomic E-state index is 15.0. The van der Waals surface area contributed by atoms with Crippen molar-refractivity contribution in [3.05, 3.63) is 293 Å². The average molecular weight is 1180 g/mol. The lowest BCUT2D eigenvalue weighted by Crippen LogP contribution is -2.34. The maximum Gasteiger partial charge on any atom is 0.420 e. The minimum Gasteiger partial charge on any atom is -0.454 e. The predicted octanol–water partition coefficient (Wildman–Crippen LogP) is 23.2. The van der Waals surface area contributed by atoms with Crippen molar-refractivity contribution in [2.75, 3.05) is 9.80 Å². The Morgan fingerprint density at radius 1 is 0.356 bits per heavy atom. The van der Waals surface area contributed by atoms with Crippen LogP contribution in [0.4, 0.5) is 60.5 Å². The molecule has 0 bridgehead atoms. The van der Waals surface area contributed by atoms with Crippen LogP contribution in [0.5, 0.6) is 0 Å². The van der Waals surface area contributed by atoms with Crippen molar-refractivity contribution < 1.29 is 35.2 Å². The standard InChI is InChI=1S/C79H47F6N3O2/c1-44-34-38-47(39-35-44)86(67-33-15-26-58-56-24-13-29-61(79(83,84)85)74(56)90-76(58)67)68-42-62-70(52-20-5-3-17-49(52)68)71-53-21-6-4-18-50(53)69(43-63(71)77(62)59-27-8-10-31-65(59)88-64-30-9-7-19-51(64)54-22-12-28-60(77)72(54)88)87(48-40-36-46(37-41-48)78(80,81)82)66-32-14-25-57-55-23-11-16-45(2)73(55)89-75(57)66/h3-43H,1-2H3. The lowest BCUT2D eigenvalue weighted by atomic mass is 9.65. The number of fused-ring (bicyclic) bond motifs is 22. The lowest BCUT2D eigenvalue weighted by molar-refractivity contribution is -0.138. The summed E-state index contributed by atoms with van der Waals surface area (Å²) in [5, 5.41) is 8.33. The Hall–Kier alpha value is -11.0. The summed E-state index contributed by atoms with van der Waals surface area (Å²) in [7, 11) is 0. The number of furan rings is 2. The van der Waals surface area contributed by atoms with Gasteiger partial charge in [-0.2, -0.15) is 26.3 Å². The highest BCUT2D eigenvalue weighted by Gasteiger charge is 2.53. The first kappa shape index (κ1) is 52.1. The van der Waals surface area contributed by atoms with Crippen LogP contribution in [-0.2, 0) is 17.8 Å². The normalized spacial score (nSPS) is 14.5. The van der Waals surface area contributed by atoms with Crippen LogP contribution in [0, 0.1) is 13.8 Å². The van der Waals surface area contributed by atoms with E-state index in [4.69, 9.17) is 8.83 Å². The highest BCUT2D eigenvalue weighted by molar-refractivity contribution is 6.22. The summed E-state index contributed by atoms with van der Waals surface area (Å²) in [6, 6.07) is 80.2. The number of hydrogen-bond acceptors (Lipinski definition) is 4. The summed E-state index contributed by atoms with van der Waals surface area (Å²) in [5.41, 5.74) is 13.3. The van der Waals surface area contributed by atoms with Crippen LogP contribution < -0.4 is 9.80 Å². The van der Waals surface area contributed by atoms with Gasteiger partial charge in [0.15, 0.2) is 11.2 Å². The van der Waals surface area contributed by atoms with Gasteiger partial charge in [0.1, 0.15) is 11.2 Å². The van der Waals surface area contributed by atoms with E-state index in [1.807, 2.05) is 111 Å². The first-order valence-electron chi connectivity index (χ1n) is 29.8. The molecule has 13 aromatic carbocycles. The van der Waals surface area contributed by atoms with Gasteiger partial charge in [-0.05, 0) is 142 Å². The fraction of sp³-hybridized carbons (Fsp3) is 0.0633. The van der Waals surface area contributed by atoms with Crippen LogP contribution >= 0.6 is 0 Å². The van der Waals surface area contributed by atoms with Gasteiger partial charge in [-0.25, -0.2) is 0 Å². The van der Waals surface area contributed by atoms with Gasteiger partial charge in [0.05, 0.1) is 56.0 Å². The third kappa shape index (κ3) is 7.05. The minimum absolute atomic E-state index is 0.244. The van der Waals surface area contributed by atoms with Gasteiger partial charge in [-0.1, -0.05) is 175 Å². The highest BCUT2D eigenvalue weighted by Crippen LogP contribution is 2.66. The molecule has 2 aliphatic rings. The molecule has 1 atom stereocenters. The van der Waals surface area contributed by atoms with Gasteiger partial charge in [0.2, 0.25) is 0 Å². The summed E-state index contributed by atoms with van der Waals surface area (Å²) < 4.78 is 105. The Bertz CT molecular complexity index is 5750. The molecule has 18 rings (SSSR count). The number of para-hydroxylation sites is 7. The van der Waals surface area contributed by atoms with E-state index in [1.54, 1.807) is 18.2 Å². The van der Waals surface area contributed by atoms with Gasteiger partial charge in [0.25, 0.3) is 0 Å². The molecule has 3 aromatic heterocycles. The first-order valence-corrected chi connectivity index (χ1v) is 29.8. The van der Waals surface area contributed by atoms with E-state index in [0.29, 0.717) is 50.3 Å². The third-order valence-electron chi connectivity index (χ3n) is 19.0. The Labute approximate surface area is 510 Å². The zero-order valence-corrected chi connectivity index (χ0v) is 48.1. The second-order valence-electron chi connectivity index (χ2n) is 23.7. The van der Waals surface area contributed by atoms with E-state index in [-0.39, 0.29) is 5.58 Å². The number of benzene rings is 13. The third-order valence-corrected chi connectivity index (χ3v) is 19.0. The Balaban J connectivity index is 1.02. The van der Waals surface area contributed by atoms with Crippen molar-refractivity contribution in [2.45, 2.75) is 31.6 Å². The topological polar surface area (TPSA) is 37.7 Å². The van der Waals surface area contributed by atoms with Crippen molar-refractivity contribution in [3.8, 4) is 16.8 Å². The van der Waals surface area contributed by atoms with Gasteiger partial charge in [-0.3, -0.25) is 0 Å². The lowest BCUT2D eigenvalue weighted by Gasteiger charge is -2.40. The molecule has 0 amide bonds. The Kier molecular flexibility index (Phi) is 10.7. The van der Waals surface area contributed by atoms with Crippen LogP contribution in [0.3, 0.4) is 0 Å². The van der Waals surface area contributed by atoms with E-state index in [2.05, 4.69) is 124 Å². The van der Waals surface area contributed by atoms with Crippen molar-refractivity contribution >= 4 is 121 Å². The molecule has 11 heteroatoms. The molecule has 16 aromatic rings. The predicted molar refractivity (Wildman–Crippen MR) is 350 cm³/mol. The molecular weight excluding hydrogens is 1140 g/mol. The molecule has 432 valence electrons. The van der Waals surface area contributed by atoms with Gasteiger partial charge in [-0.15, -0.1) is 0 Å². The molecule has 0 saturated carbocycles. The SMILES string of the molecule is Cc1ccc(N(c2cc3c(c4ccccc24)-c2c(cc(N(c4ccc(C(F)(F)F)cc4)c4cccc5c4oc4c(C)cccc45)c4ccccc24)C32c3ccccc3-n3c4ccccc4c4cccc2c43)c2cccc3c2oc2c(C(F)(F)F)cccc23)cc1. The summed E-state index contributed by atoms with van der Waals surface area (Å²) in [4.78, 5) is 4.20. The quantitative estimate of drug-likeness (QED) is 0.156. The largest absolute Gasteiger partial charge is 0.454 e. The number of aryl methyl sites for hydroxylation is 2. The van der Waals surface area contributed by atoms with E-state index >= 15 is 0 Å². The first-order chi connectivity index (χ1) is 43.8. The average Bonchev–Trinajstić information content (AvgIpc) is 1.46. The molecule has 0 fully saturated rings. The Morgan fingerprint density at radius 2 is 0.811 bits per heavy atom. The minimum atomic E-state index is -4.69. The molecule has 0 saturated heterocycles. The Morgan fingerprint density at radius 3 is 1.41 bits per heavy atom. The summed E-state index contributed by atoms with van der Waals surface area (Å²) >= 11 is 0. The molecule has 1 aliphatic heterocycles. The number of alkyl halides is 6. The number of rotatable bonds is 6. The van der Waals surface area contributed by atoms with E-state index < -0.39 is 28.9 Å². The second kappa shape index (κ2) is 18.5. The molecule has 1 unspecified atom stereocenters. The maximum absolute atomic E-state index is 15.0. The van der Waals surface area contributed by atoms with Gasteiger partial charge >= 0.3 is 12.4 Å². The molecule has 90 heavy (non-hydrogen) atoms. The molecule has 0 radical (unpaired) electrons. The van der Waals surface area contributed by atoms with Gasteiger partial charge in [0, 0.05) is 54.5 Å². The van der Waals surface area contributed by atoms with Crippen molar-refractivity contribution in [3.63, 3.8) is 0 Å². The zero-order valence-electron chi connectivity index (χ0n) is 48.1.